The van der Waals surface area contributed by atoms with E-state index >= 15 is 0 Å². The van der Waals surface area contributed by atoms with Crippen LogP contribution in [0.3, 0.4) is 0 Å². The summed E-state index contributed by atoms with van der Waals surface area (Å²) < 4.78 is 16.0. The third-order valence-corrected chi connectivity index (χ3v) is 2.38. The SMILES string of the molecule is CC(C)C(C)(C)O[B-]1OCCO1.[K+]. The number of hydrogen-bond donors (Lipinski definition) is 0. The summed E-state index contributed by atoms with van der Waals surface area (Å²) in [4.78, 5) is 0. The molecule has 1 fully saturated rings. The van der Waals surface area contributed by atoms with Crippen LogP contribution < -0.4 is 51.4 Å². The molecule has 5 heteroatoms. The summed E-state index contributed by atoms with van der Waals surface area (Å²) in [5, 5.41) is 0. The van der Waals surface area contributed by atoms with E-state index in [2.05, 4.69) is 13.8 Å². The summed E-state index contributed by atoms with van der Waals surface area (Å²) >= 11 is 0. The van der Waals surface area contributed by atoms with Crippen LogP contribution in [-0.2, 0) is 14.0 Å². The first-order chi connectivity index (χ1) is 5.52. The first kappa shape index (κ1) is 14.6. The first-order valence-corrected chi connectivity index (χ1v) is 4.43. The Kier molecular flexibility index (Phi) is 6.98. The summed E-state index contributed by atoms with van der Waals surface area (Å²) in [6, 6.07) is 0. The second-order valence-electron chi connectivity index (χ2n) is 3.91. The Balaban J connectivity index is 0.00000144. The Morgan fingerprint density at radius 3 is 2.08 bits per heavy atom. The van der Waals surface area contributed by atoms with Crippen LogP contribution in [0.1, 0.15) is 27.7 Å². The van der Waals surface area contributed by atoms with Gasteiger partial charge in [0.05, 0.1) is 0 Å². The van der Waals surface area contributed by atoms with E-state index in [0.717, 1.165) is 0 Å². The van der Waals surface area contributed by atoms with Crippen LogP contribution in [0.25, 0.3) is 0 Å². The van der Waals surface area contributed by atoms with Crippen molar-refractivity contribution >= 4 is 7.32 Å². The van der Waals surface area contributed by atoms with Crippen molar-refractivity contribution in [3.05, 3.63) is 0 Å². The van der Waals surface area contributed by atoms with Gasteiger partial charge in [-0.15, -0.1) is 0 Å². The van der Waals surface area contributed by atoms with Crippen molar-refractivity contribution in [1.82, 2.24) is 0 Å². The molecule has 0 N–H and O–H groups in total. The van der Waals surface area contributed by atoms with Crippen LogP contribution in [0.4, 0.5) is 0 Å². The van der Waals surface area contributed by atoms with E-state index in [0.29, 0.717) is 19.1 Å². The largest absolute Gasteiger partial charge is 1.00 e. The minimum absolute atomic E-state index is 0. The van der Waals surface area contributed by atoms with Gasteiger partial charge in [-0.05, 0) is 19.8 Å². The van der Waals surface area contributed by atoms with Crippen LogP contribution in [0.5, 0.6) is 0 Å². The van der Waals surface area contributed by atoms with Gasteiger partial charge < -0.3 is 14.0 Å². The standard InChI is InChI=1S/C8H17BO3.K/c1-7(2)8(3,4)12-9-10-5-6-11-9;/h7H,5-6H2,1-4H3;/q-1;+1. The van der Waals surface area contributed by atoms with Crippen LogP contribution in [0.15, 0.2) is 0 Å². The summed E-state index contributed by atoms with van der Waals surface area (Å²) in [6.45, 7) is 9.60. The molecule has 1 aliphatic heterocycles. The predicted molar refractivity (Wildman–Crippen MR) is 47.7 cm³/mol. The molecular formula is C8H17BKO3. The minimum atomic E-state index is -0.456. The van der Waals surface area contributed by atoms with E-state index in [1.165, 1.54) is 0 Å². The fourth-order valence-corrected chi connectivity index (χ4v) is 0.789. The first-order valence-electron chi connectivity index (χ1n) is 4.43. The molecule has 1 heterocycles. The maximum atomic E-state index is 5.62. The Morgan fingerprint density at radius 1 is 1.23 bits per heavy atom. The summed E-state index contributed by atoms with van der Waals surface area (Å²) in [5.74, 6) is 0.449. The molecule has 3 nitrogen and oxygen atoms in total. The topological polar surface area (TPSA) is 27.7 Å². The van der Waals surface area contributed by atoms with Crippen molar-refractivity contribution in [3.63, 3.8) is 0 Å². The third-order valence-electron chi connectivity index (χ3n) is 2.38. The monoisotopic (exact) mass is 211 g/mol. The van der Waals surface area contributed by atoms with Gasteiger partial charge in [0.15, 0.2) is 0 Å². The molecule has 0 bridgehead atoms. The van der Waals surface area contributed by atoms with E-state index in [1.54, 1.807) is 0 Å². The van der Waals surface area contributed by atoms with Gasteiger partial charge in [-0.2, -0.15) is 0 Å². The van der Waals surface area contributed by atoms with E-state index < -0.39 is 7.32 Å². The molecule has 0 atom stereocenters. The van der Waals surface area contributed by atoms with Crippen molar-refractivity contribution in [3.8, 4) is 0 Å². The molecule has 0 aliphatic carbocycles. The Bertz CT molecular complexity index is 146. The molecular weight excluding hydrogens is 194 g/mol. The summed E-state index contributed by atoms with van der Waals surface area (Å²) in [6.07, 6.45) is 0. The van der Waals surface area contributed by atoms with Gasteiger partial charge in [0.1, 0.15) is 0 Å². The maximum absolute atomic E-state index is 5.62. The summed E-state index contributed by atoms with van der Waals surface area (Å²) in [5.41, 5.74) is -0.186. The zero-order valence-electron chi connectivity index (χ0n) is 9.29. The van der Waals surface area contributed by atoms with Crippen LogP contribution >= 0.6 is 0 Å². The van der Waals surface area contributed by atoms with E-state index in [9.17, 15) is 0 Å². The molecule has 1 rings (SSSR count). The molecule has 13 heavy (non-hydrogen) atoms. The average molecular weight is 211 g/mol. The van der Waals surface area contributed by atoms with Gasteiger partial charge in [0.25, 0.3) is 0 Å². The quantitative estimate of drug-likeness (QED) is 0.530. The second-order valence-corrected chi connectivity index (χ2v) is 3.91. The molecule has 0 unspecified atom stereocenters. The van der Waals surface area contributed by atoms with Gasteiger partial charge in [0, 0.05) is 18.8 Å². The normalized spacial score (nSPS) is 19.2. The van der Waals surface area contributed by atoms with Gasteiger partial charge >= 0.3 is 58.7 Å². The fourth-order valence-electron chi connectivity index (χ4n) is 0.789. The van der Waals surface area contributed by atoms with Crippen LogP contribution in [0.2, 0.25) is 0 Å². The molecule has 0 saturated carbocycles. The maximum Gasteiger partial charge on any atom is 1.00 e. The van der Waals surface area contributed by atoms with E-state index in [1.807, 2.05) is 13.8 Å². The van der Waals surface area contributed by atoms with Gasteiger partial charge in [-0.25, -0.2) is 0 Å². The Hall–Kier alpha value is 1.58. The van der Waals surface area contributed by atoms with Crippen molar-refractivity contribution in [2.75, 3.05) is 13.2 Å². The molecule has 1 radical (unpaired) electrons. The molecule has 0 aromatic heterocycles. The summed E-state index contributed by atoms with van der Waals surface area (Å²) in [7, 11) is -0.456. The predicted octanol–water partition coefficient (Wildman–Crippen LogP) is -1.53. The van der Waals surface area contributed by atoms with E-state index in [4.69, 9.17) is 14.0 Å². The smallest absolute Gasteiger partial charge is 0.565 e. The zero-order valence-corrected chi connectivity index (χ0v) is 12.4. The molecule has 0 amide bonds. The molecule has 0 aromatic rings. The molecule has 0 spiro atoms. The number of rotatable bonds is 3. The minimum Gasteiger partial charge on any atom is -0.565 e. The van der Waals surface area contributed by atoms with Crippen LogP contribution in [0, 0.1) is 5.92 Å². The van der Waals surface area contributed by atoms with Crippen molar-refractivity contribution in [2.45, 2.75) is 33.3 Å². The van der Waals surface area contributed by atoms with Crippen LogP contribution in [-0.4, -0.2) is 26.1 Å². The molecule has 0 aromatic carbocycles. The van der Waals surface area contributed by atoms with Gasteiger partial charge in [0.2, 0.25) is 0 Å². The fraction of sp³-hybridized carbons (Fsp3) is 1.00. The number of hydrogen-bond acceptors (Lipinski definition) is 3. The van der Waals surface area contributed by atoms with Crippen molar-refractivity contribution < 1.29 is 65.3 Å². The van der Waals surface area contributed by atoms with Gasteiger partial charge in [-0.1, -0.05) is 13.8 Å². The Labute approximate surface area is 123 Å². The second kappa shape index (κ2) is 6.23. The van der Waals surface area contributed by atoms with E-state index in [-0.39, 0.29) is 57.0 Å². The third kappa shape index (κ3) is 4.75. The van der Waals surface area contributed by atoms with Crippen molar-refractivity contribution in [2.24, 2.45) is 5.92 Å². The average Bonchev–Trinajstić information content (AvgIpc) is 2.38. The van der Waals surface area contributed by atoms with Crippen molar-refractivity contribution in [1.29, 1.82) is 0 Å². The molecule has 1 aliphatic rings. The molecule has 71 valence electrons. The molecule has 1 saturated heterocycles. The van der Waals surface area contributed by atoms with Gasteiger partial charge in [-0.3, -0.25) is 0 Å². The zero-order chi connectivity index (χ0) is 9.19. The Morgan fingerprint density at radius 2 is 1.69 bits per heavy atom.